The Balaban J connectivity index is 1.13. The topological polar surface area (TPSA) is 120 Å². The van der Waals surface area contributed by atoms with Crippen LogP contribution in [0, 0.1) is 18.3 Å². The highest BCUT2D eigenvalue weighted by molar-refractivity contribution is 7.90. The van der Waals surface area contributed by atoms with E-state index in [1.54, 1.807) is 13.0 Å². The summed E-state index contributed by atoms with van der Waals surface area (Å²) in [5.41, 5.74) is -0.767. The number of nitrogens with one attached hydrogen (secondary N) is 2. The van der Waals surface area contributed by atoms with Crippen molar-refractivity contribution in [3.05, 3.63) is 52.8 Å². The molecule has 2 unspecified atom stereocenters. The smallest absolute Gasteiger partial charge is 0.394 e. The highest BCUT2D eigenvalue weighted by Crippen LogP contribution is 2.59. The number of amides is 1. The number of carbonyl (C=O) groups is 1. The molecule has 4 heterocycles. The Labute approximate surface area is 274 Å². The predicted octanol–water partition coefficient (Wildman–Crippen LogP) is 6.11. The summed E-state index contributed by atoms with van der Waals surface area (Å²) in [6.07, 6.45) is 0.635. The lowest BCUT2D eigenvalue weighted by Crippen LogP contribution is -2.34. The fourth-order valence-corrected chi connectivity index (χ4v) is 6.91. The average molecular weight is 682 g/mol. The number of carbonyl (C=O) groups excluding carboxylic acids is 1. The number of aromatic nitrogens is 4. The number of likely N-dealkylation sites (tertiary alicyclic amines) is 1. The van der Waals surface area contributed by atoms with Crippen molar-refractivity contribution in [1.29, 1.82) is 0 Å². The maximum atomic E-state index is 13.1. The van der Waals surface area contributed by atoms with Crippen molar-refractivity contribution in [1.82, 2.24) is 29.4 Å². The first-order valence-electron chi connectivity index (χ1n) is 15.3. The molecule has 2 N–H and O–H groups in total. The molecule has 2 atom stereocenters. The van der Waals surface area contributed by atoms with E-state index in [9.17, 15) is 22.5 Å². The molecule has 46 heavy (non-hydrogen) atoms. The van der Waals surface area contributed by atoms with Crippen LogP contribution in [-0.2, 0) is 11.4 Å². The molecule has 0 spiro atoms. The summed E-state index contributed by atoms with van der Waals surface area (Å²) in [5.74, 6) is 0.928. The molecule has 1 saturated carbocycles. The average Bonchev–Trinajstić information content (AvgIpc) is 3.56. The summed E-state index contributed by atoms with van der Waals surface area (Å²) in [6, 6.07) is 8.03. The maximum Gasteiger partial charge on any atom is 0.394 e. The minimum atomic E-state index is -4.24. The lowest BCUT2D eigenvalue weighted by Gasteiger charge is -2.26. The van der Waals surface area contributed by atoms with Crippen LogP contribution in [0.15, 0.2) is 41.6 Å². The van der Waals surface area contributed by atoms with Crippen molar-refractivity contribution in [2.24, 2.45) is 11.3 Å². The Morgan fingerprint density at radius 2 is 1.96 bits per heavy atom. The Hall–Kier alpha value is -3.07. The summed E-state index contributed by atoms with van der Waals surface area (Å²) in [6.45, 7) is 8.01. The van der Waals surface area contributed by atoms with E-state index >= 15 is 0 Å². The van der Waals surface area contributed by atoms with Gasteiger partial charge < -0.3 is 19.5 Å². The second-order valence-electron chi connectivity index (χ2n) is 12.8. The number of hydrogen-bond acceptors (Lipinski definition) is 8. The highest BCUT2D eigenvalue weighted by Gasteiger charge is 2.62. The molecule has 10 nitrogen and oxygen atoms in total. The van der Waals surface area contributed by atoms with Gasteiger partial charge >= 0.3 is 6.18 Å². The van der Waals surface area contributed by atoms with Crippen LogP contribution in [-0.4, -0.2) is 73.6 Å². The van der Waals surface area contributed by atoms with Gasteiger partial charge in [0.1, 0.15) is 22.3 Å². The molecule has 2 aliphatic rings. The number of anilines is 1. The first kappa shape index (κ1) is 34.3. The third kappa shape index (κ3) is 7.89. The summed E-state index contributed by atoms with van der Waals surface area (Å²) >= 11 is 4.35. The largest absolute Gasteiger partial charge is 0.587 e. The van der Waals surface area contributed by atoms with Gasteiger partial charge in [-0.05, 0) is 96.5 Å². The Morgan fingerprint density at radius 3 is 2.61 bits per heavy atom. The molecule has 1 aliphatic heterocycles. The van der Waals surface area contributed by atoms with Crippen molar-refractivity contribution in [2.75, 3.05) is 32.1 Å². The number of halogens is 4. The summed E-state index contributed by atoms with van der Waals surface area (Å²) in [7, 11) is 2.17. The van der Waals surface area contributed by atoms with Gasteiger partial charge in [0.2, 0.25) is 5.88 Å². The fourth-order valence-electron chi connectivity index (χ4n) is 5.76. The second kappa shape index (κ2) is 13.6. The molecule has 3 aromatic rings. The van der Waals surface area contributed by atoms with Crippen molar-refractivity contribution < 1.29 is 27.3 Å². The number of aryl methyl sites for hydroxylation is 1. The van der Waals surface area contributed by atoms with Gasteiger partial charge in [-0.2, -0.15) is 22.9 Å². The van der Waals surface area contributed by atoms with Gasteiger partial charge in [0.15, 0.2) is 5.82 Å². The predicted molar refractivity (Wildman–Crippen MR) is 170 cm³/mol. The van der Waals surface area contributed by atoms with E-state index in [4.69, 9.17) is 16.3 Å². The third-order valence-corrected chi connectivity index (χ3v) is 10.4. The van der Waals surface area contributed by atoms with E-state index in [2.05, 4.69) is 50.9 Å². The monoisotopic (exact) mass is 681 g/mol. The van der Waals surface area contributed by atoms with Crippen LogP contribution in [0.5, 0.6) is 5.88 Å². The Morgan fingerprint density at radius 1 is 1.20 bits per heavy atom. The SMILES string of the molecule is Cc1ccc(NCCCC2CN(C)C(C)(C)C2)nc1[S+]([O-])NC(=O)c1ccc(-n2ccc(OCCC3(C(F)(F)F)CC3)n2)nc1Cl. The number of ether oxygens (including phenoxy) is 1. The molecule has 2 fully saturated rings. The minimum Gasteiger partial charge on any atom is -0.587 e. The van der Waals surface area contributed by atoms with Gasteiger partial charge in [-0.15, -0.1) is 5.10 Å². The lowest BCUT2D eigenvalue weighted by atomic mass is 9.93. The quantitative estimate of drug-likeness (QED) is 0.126. The summed E-state index contributed by atoms with van der Waals surface area (Å²) in [5, 5.41) is 7.56. The molecule has 1 amide bonds. The molecule has 0 bridgehead atoms. The van der Waals surface area contributed by atoms with Crippen LogP contribution in [0.1, 0.15) is 68.3 Å². The second-order valence-corrected chi connectivity index (χ2v) is 14.3. The van der Waals surface area contributed by atoms with Gasteiger partial charge in [-0.3, -0.25) is 4.79 Å². The Bertz CT molecular complexity index is 1550. The molecule has 15 heteroatoms. The van der Waals surface area contributed by atoms with E-state index in [1.165, 1.54) is 35.5 Å². The van der Waals surface area contributed by atoms with Crippen molar-refractivity contribution in [2.45, 2.75) is 76.0 Å². The first-order chi connectivity index (χ1) is 21.7. The van der Waals surface area contributed by atoms with E-state index in [1.807, 2.05) is 6.07 Å². The molecule has 0 aromatic carbocycles. The normalized spacial score (nSPS) is 19.5. The Kier molecular flexibility index (Phi) is 10.1. The number of hydrogen-bond donors (Lipinski definition) is 2. The molecule has 1 saturated heterocycles. The minimum absolute atomic E-state index is 0.00283. The van der Waals surface area contributed by atoms with Gasteiger partial charge in [-0.25, -0.2) is 9.67 Å². The van der Waals surface area contributed by atoms with E-state index in [-0.39, 0.29) is 58.8 Å². The zero-order chi connectivity index (χ0) is 33.3. The number of alkyl halides is 3. The summed E-state index contributed by atoms with van der Waals surface area (Å²) in [4.78, 5) is 24.1. The summed E-state index contributed by atoms with van der Waals surface area (Å²) < 4.78 is 61.7. The van der Waals surface area contributed by atoms with Gasteiger partial charge in [0.05, 0.1) is 17.6 Å². The van der Waals surface area contributed by atoms with E-state index in [0.29, 0.717) is 17.3 Å². The van der Waals surface area contributed by atoms with Crippen LogP contribution in [0.2, 0.25) is 5.15 Å². The zero-order valence-corrected chi connectivity index (χ0v) is 27.9. The molecular weight excluding hydrogens is 643 g/mol. The van der Waals surface area contributed by atoms with Crippen LogP contribution in [0.25, 0.3) is 5.82 Å². The van der Waals surface area contributed by atoms with Crippen LogP contribution >= 0.6 is 11.6 Å². The molecule has 0 radical (unpaired) electrons. The van der Waals surface area contributed by atoms with E-state index in [0.717, 1.165) is 25.9 Å². The zero-order valence-electron chi connectivity index (χ0n) is 26.3. The number of pyridine rings is 2. The van der Waals surface area contributed by atoms with Crippen molar-refractivity contribution in [3.63, 3.8) is 0 Å². The fraction of sp³-hybridized carbons (Fsp3) is 0.548. The van der Waals surface area contributed by atoms with E-state index < -0.39 is 28.9 Å². The van der Waals surface area contributed by atoms with Gasteiger partial charge in [0.25, 0.3) is 10.9 Å². The molecular formula is C31H39ClF3N7O3S. The van der Waals surface area contributed by atoms with Crippen LogP contribution in [0.3, 0.4) is 0 Å². The molecule has 3 aromatic heterocycles. The standard InChI is InChI=1S/C31H39ClF3N7O3S/c1-20-7-9-23(36-15-5-6-21-18-29(2,3)41(4)19-21)37-28(20)46(44)40-27(43)22-8-10-24(38-26(22)32)42-16-11-25(39-42)45-17-14-30(12-13-30)31(33,34)35/h7-11,16,21H,5-6,12-15,17-19H2,1-4H3,(H,36,37)(H,40,43). The first-order valence-corrected chi connectivity index (χ1v) is 16.8. The third-order valence-electron chi connectivity index (χ3n) is 9.02. The molecule has 5 rings (SSSR count). The van der Waals surface area contributed by atoms with Crippen LogP contribution in [0.4, 0.5) is 19.0 Å². The van der Waals surface area contributed by atoms with Crippen molar-refractivity contribution in [3.8, 4) is 11.7 Å². The molecule has 1 aliphatic carbocycles. The van der Waals surface area contributed by atoms with Crippen molar-refractivity contribution >= 4 is 34.7 Å². The highest BCUT2D eigenvalue weighted by atomic mass is 35.5. The number of nitrogens with zero attached hydrogens (tertiary/aromatic N) is 5. The molecule has 250 valence electrons. The maximum absolute atomic E-state index is 13.1. The van der Waals surface area contributed by atoms with Gasteiger partial charge in [0, 0.05) is 36.5 Å². The number of rotatable bonds is 13. The van der Waals surface area contributed by atoms with Crippen LogP contribution < -0.4 is 14.8 Å². The lowest BCUT2D eigenvalue weighted by molar-refractivity contribution is -0.190. The van der Waals surface area contributed by atoms with Gasteiger partial charge in [-0.1, -0.05) is 11.6 Å².